The lowest BCUT2D eigenvalue weighted by molar-refractivity contribution is 0.233. The van der Waals surface area contributed by atoms with Gasteiger partial charge in [-0.3, -0.25) is 4.79 Å². The van der Waals surface area contributed by atoms with E-state index in [9.17, 15) is 9.90 Å². The number of anilines is 3. The second-order valence-corrected chi connectivity index (χ2v) is 9.24. The predicted octanol–water partition coefficient (Wildman–Crippen LogP) is 2.32. The monoisotopic (exact) mass is 478 g/mol. The van der Waals surface area contributed by atoms with Crippen LogP contribution < -0.4 is 21.1 Å². The zero-order chi connectivity index (χ0) is 23.7. The summed E-state index contributed by atoms with van der Waals surface area (Å²) < 4.78 is 0. The molecule has 0 saturated carbocycles. The van der Waals surface area contributed by atoms with E-state index in [2.05, 4.69) is 42.4 Å². The number of nitrogens with zero attached hydrogens (tertiary/aromatic N) is 6. The maximum atomic E-state index is 12.8. The largest absolute Gasteiger partial charge is 0.357 e. The number of likely N-dealkylation sites (tertiary alicyclic amines) is 1. The number of rotatable bonds is 6. The van der Waals surface area contributed by atoms with Crippen molar-refractivity contribution in [3.8, 4) is 0 Å². The number of aromatic nitrogens is 4. The summed E-state index contributed by atoms with van der Waals surface area (Å²) in [6.07, 6.45) is 2.48. The van der Waals surface area contributed by atoms with Crippen molar-refractivity contribution < 1.29 is 5.11 Å². The molecule has 0 radical (unpaired) electrons. The number of thiophene rings is 1. The SMILES string of the molecule is CN1CCC(N(C)c2ncc3c(=O)nc4cccc(NC(O)Nc5ccsc5)c4nc3n2)CC1. The summed E-state index contributed by atoms with van der Waals surface area (Å²) in [6.45, 7) is 2.04. The smallest absolute Gasteiger partial charge is 0.283 e. The van der Waals surface area contributed by atoms with E-state index in [0.29, 0.717) is 28.7 Å². The molecule has 1 aliphatic rings. The van der Waals surface area contributed by atoms with Crippen molar-refractivity contribution in [1.29, 1.82) is 0 Å². The minimum Gasteiger partial charge on any atom is -0.357 e. The van der Waals surface area contributed by atoms with Gasteiger partial charge in [-0.1, -0.05) is 6.07 Å². The highest BCUT2D eigenvalue weighted by molar-refractivity contribution is 7.08. The van der Waals surface area contributed by atoms with Crippen molar-refractivity contribution in [2.75, 3.05) is 42.7 Å². The zero-order valence-corrected chi connectivity index (χ0v) is 19.8. The Morgan fingerprint density at radius 2 is 2.00 bits per heavy atom. The van der Waals surface area contributed by atoms with E-state index in [0.717, 1.165) is 31.6 Å². The number of piperidine rings is 1. The molecule has 3 N–H and O–H groups in total. The lowest BCUT2D eigenvalue weighted by Gasteiger charge is -2.35. The number of hydrogen-bond acceptors (Lipinski definition) is 11. The number of para-hydroxylation sites is 1. The Morgan fingerprint density at radius 1 is 1.18 bits per heavy atom. The van der Waals surface area contributed by atoms with Crippen LogP contribution in [0, 0.1) is 0 Å². The summed E-state index contributed by atoms with van der Waals surface area (Å²) in [6, 6.07) is 7.44. The fourth-order valence-electron chi connectivity index (χ4n) is 4.13. The fraction of sp³-hybridized carbons (Fsp3) is 0.348. The molecule has 0 bridgehead atoms. The van der Waals surface area contributed by atoms with Crippen LogP contribution in [0.15, 0.2) is 46.0 Å². The fourth-order valence-corrected chi connectivity index (χ4v) is 4.73. The zero-order valence-electron chi connectivity index (χ0n) is 19.0. The molecule has 1 fully saturated rings. The van der Waals surface area contributed by atoms with Crippen LogP contribution in [0.2, 0.25) is 0 Å². The normalized spacial score (nSPS) is 16.0. The Labute approximate surface area is 200 Å². The Balaban J connectivity index is 1.52. The van der Waals surface area contributed by atoms with E-state index in [1.165, 1.54) is 17.5 Å². The lowest BCUT2D eigenvalue weighted by Crippen LogP contribution is -2.42. The molecular weight excluding hydrogens is 452 g/mol. The second-order valence-electron chi connectivity index (χ2n) is 8.46. The van der Waals surface area contributed by atoms with Gasteiger partial charge in [0.1, 0.15) is 10.9 Å². The molecule has 1 atom stereocenters. The summed E-state index contributed by atoms with van der Waals surface area (Å²) in [7, 11) is 4.10. The average molecular weight is 479 g/mol. The van der Waals surface area contributed by atoms with Gasteiger partial charge in [0.25, 0.3) is 5.56 Å². The summed E-state index contributed by atoms with van der Waals surface area (Å²) in [5.74, 6) is 0.526. The highest BCUT2D eigenvalue weighted by atomic mass is 32.1. The summed E-state index contributed by atoms with van der Waals surface area (Å²) in [4.78, 5) is 35.2. The third-order valence-electron chi connectivity index (χ3n) is 6.11. The van der Waals surface area contributed by atoms with Gasteiger partial charge < -0.3 is 25.5 Å². The lowest BCUT2D eigenvalue weighted by atomic mass is 10.0. The van der Waals surface area contributed by atoms with Crippen LogP contribution in [0.25, 0.3) is 22.1 Å². The first-order valence-electron chi connectivity index (χ1n) is 11.1. The van der Waals surface area contributed by atoms with Crippen molar-refractivity contribution in [2.45, 2.75) is 25.2 Å². The van der Waals surface area contributed by atoms with Gasteiger partial charge in [-0.2, -0.15) is 16.3 Å². The molecule has 1 aliphatic heterocycles. The molecule has 0 spiro atoms. The molecule has 5 rings (SSSR count). The Morgan fingerprint density at radius 3 is 2.76 bits per heavy atom. The van der Waals surface area contributed by atoms with Crippen molar-refractivity contribution in [3.05, 3.63) is 51.6 Å². The number of benzene rings is 1. The quantitative estimate of drug-likeness (QED) is 0.356. The Hall–Kier alpha value is -3.41. The topological polar surface area (TPSA) is 119 Å². The van der Waals surface area contributed by atoms with Crippen LogP contribution in [0.3, 0.4) is 0 Å². The van der Waals surface area contributed by atoms with E-state index in [1.54, 1.807) is 18.2 Å². The number of nitrogens with one attached hydrogen (secondary N) is 2. The third-order valence-corrected chi connectivity index (χ3v) is 6.79. The molecule has 0 amide bonds. The van der Waals surface area contributed by atoms with Crippen LogP contribution in [0.4, 0.5) is 17.3 Å². The van der Waals surface area contributed by atoms with E-state index < -0.39 is 11.9 Å². The van der Waals surface area contributed by atoms with Gasteiger partial charge in [-0.15, -0.1) is 0 Å². The predicted molar refractivity (Wildman–Crippen MR) is 135 cm³/mol. The summed E-state index contributed by atoms with van der Waals surface area (Å²) in [5, 5.41) is 20.5. The minimum absolute atomic E-state index is 0.250. The average Bonchev–Trinajstić information content (AvgIpc) is 3.28. The van der Waals surface area contributed by atoms with Gasteiger partial charge >= 0.3 is 0 Å². The summed E-state index contributed by atoms with van der Waals surface area (Å²) in [5.41, 5.74) is 1.99. The van der Waals surface area contributed by atoms with Gasteiger partial charge in [0, 0.05) is 30.4 Å². The number of fused-ring (bicyclic) bond motifs is 2. The van der Waals surface area contributed by atoms with Crippen LogP contribution in [0.1, 0.15) is 12.8 Å². The molecule has 3 aromatic heterocycles. The van der Waals surface area contributed by atoms with Crippen molar-refractivity contribution >= 4 is 50.7 Å². The van der Waals surface area contributed by atoms with Gasteiger partial charge in [0.15, 0.2) is 5.65 Å². The van der Waals surface area contributed by atoms with Crippen molar-refractivity contribution in [2.24, 2.45) is 0 Å². The first-order chi connectivity index (χ1) is 16.5. The number of hydrogen-bond donors (Lipinski definition) is 3. The molecule has 34 heavy (non-hydrogen) atoms. The van der Waals surface area contributed by atoms with Gasteiger partial charge in [-0.25, -0.2) is 15.0 Å². The third kappa shape index (κ3) is 4.63. The van der Waals surface area contributed by atoms with Crippen molar-refractivity contribution in [1.82, 2.24) is 24.8 Å². The van der Waals surface area contributed by atoms with Gasteiger partial charge in [0.2, 0.25) is 12.3 Å². The Kier molecular flexibility index (Phi) is 6.22. The van der Waals surface area contributed by atoms with Gasteiger partial charge in [-0.05, 0) is 56.6 Å². The minimum atomic E-state index is -1.06. The molecule has 1 saturated heterocycles. The van der Waals surface area contributed by atoms with Crippen molar-refractivity contribution in [3.63, 3.8) is 0 Å². The molecule has 1 unspecified atom stereocenters. The highest BCUT2D eigenvalue weighted by Crippen LogP contribution is 2.23. The van der Waals surface area contributed by atoms with E-state index in [1.807, 2.05) is 23.9 Å². The first kappa shape index (κ1) is 22.4. The molecule has 176 valence electrons. The molecular formula is C23H26N8O2S. The summed E-state index contributed by atoms with van der Waals surface area (Å²) >= 11 is 1.53. The maximum Gasteiger partial charge on any atom is 0.283 e. The molecule has 4 heterocycles. The van der Waals surface area contributed by atoms with Crippen LogP contribution in [-0.2, 0) is 0 Å². The second kappa shape index (κ2) is 9.45. The van der Waals surface area contributed by atoms with E-state index >= 15 is 0 Å². The Bertz CT molecular complexity index is 1360. The van der Waals surface area contributed by atoms with Gasteiger partial charge in [0.05, 0.1) is 11.2 Å². The van der Waals surface area contributed by atoms with E-state index in [-0.39, 0.29) is 11.0 Å². The molecule has 10 nitrogen and oxygen atoms in total. The number of aliphatic hydroxyl groups is 1. The maximum absolute atomic E-state index is 12.8. The molecule has 4 aromatic rings. The molecule has 11 heteroatoms. The number of aliphatic hydroxyl groups excluding tert-OH is 1. The van der Waals surface area contributed by atoms with Crippen LogP contribution >= 0.6 is 11.3 Å². The molecule has 1 aromatic carbocycles. The standard InChI is InChI=1S/C23H26N8O2S/c1-30-9-6-15(7-10-30)31(2)22-24-12-16-20(29-22)28-19-17(26-21(16)32)4-3-5-18(19)27-23(33)25-14-8-11-34-13-14/h3-5,8,11-13,15,23,25,27,33H,6-7,9-10H2,1-2H3. The highest BCUT2D eigenvalue weighted by Gasteiger charge is 2.23. The van der Waals surface area contributed by atoms with Crippen LogP contribution in [0.5, 0.6) is 0 Å². The van der Waals surface area contributed by atoms with Crippen LogP contribution in [-0.4, -0.2) is 69.5 Å². The first-order valence-corrected chi connectivity index (χ1v) is 12.0. The molecule has 0 aliphatic carbocycles. The van der Waals surface area contributed by atoms with E-state index in [4.69, 9.17) is 4.98 Å².